The van der Waals surface area contributed by atoms with E-state index in [9.17, 15) is 0 Å². The normalized spacial score (nSPS) is 50.6. The SMILES string of the molecule is C1=CCC(C/C=C/C2C3CC4CC5(CC25)C4C3)=CN=C1. The Morgan fingerprint density at radius 2 is 2.20 bits per heavy atom. The molecule has 1 heteroatoms. The maximum atomic E-state index is 4.29. The lowest BCUT2D eigenvalue weighted by Gasteiger charge is -2.44. The molecular weight excluding hydrogens is 242 g/mol. The number of hydrogen-bond donors (Lipinski definition) is 0. The third-order valence-electron chi connectivity index (χ3n) is 6.98. The number of fused-ring (bicyclic) bond motifs is 1. The van der Waals surface area contributed by atoms with Crippen LogP contribution in [0.1, 0.15) is 38.5 Å². The topological polar surface area (TPSA) is 12.4 Å². The van der Waals surface area contributed by atoms with Gasteiger partial charge in [-0.05, 0) is 85.2 Å². The summed E-state index contributed by atoms with van der Waals surface area (Å²) >= 11 is 0. The third kappa shape index (κ3) is 1.47. The van der Waals surface area contributed by atoms with Crippen LogP contribution in [-0.4, -0.2) is 6.21 Å². The molecule has 1 aliphatic heterocycles. The van der Waals surface area contributed by atoms with Crippen molar-refractivity contribution in [2.24, 2.45) is 40.0 Å². The summed E-state index contributed by atoms with van der Waals surface area (Å²) in [7, 11) is 0. The van der Waals surface area contributed by atoms with Crippen molar-refractivity contribution in [2.75, 3.05) is 0 Å². The zero-order valence-corrected chi connectivity index (χ0v) is 12.0. The van der Waals surface area contributed by atoms with Crippen LogP contribution in [0.3, 0.4) is 0 Å². The van der Waals surface area contributed by atoms with Crippen LogP contribution >= 0.6 is 0 Å². The number of nitrogens with zero attached hydrogens (tertiary/aromatic N) is 1. The maximum absolute atomic E-state index is 4.29. The van der Waals surface area contributed by atoms with E-state index in [0.29, 0.717) is 0 Å². The summed E-state index contributed by atoms with van der Waals surface area (Å²) in [5.41, 5.74) is 2.31. The lowest BCUT2D eigenvalue weighted by atomic mass is 9.60. The highest BCUT2D eigenvalue weighted by atomic mass is 14.8. The van der Waals surface area contributed by atoms with Crippen LogP contribution in [0, 0.1) is 35.0 Å². The summed E-state index contributed by atoms with van der Waals surface area (Å²) < 4.78 is 0. The Morgan fingerprint density at radius 1 is 1.20 bits per heavy atom. The molecule has 4 aliphatic carbocycles. The Balaban J connectivity index is 1.28. The van der Waals surface area contributed by atoms with Crippen LogP contribution in [0.25, 0.3) is 0 Å². The summed E-state index contributed by atoms with van der Waals surface area (Å²) in [6, 6.07) is 0. The Morgan fingerprint density at radius 3 is 3.20 bits per heavy atom. The van der Waals surface area contributed by atoms with Gasteiger partial charge in [0.15, 0.2) is 0 Å². The third-order valence-corrected chi connectivity index (χ3v) is 6.98. The summed E-state index contributed by atoms with van der Waals surface area (Å²) in [5.74, 6) is 5.32. The molecule has 6 unspecified atom stereocenters. The number of hydrogen-bond acceptors (Lipinski definition) is 1. The van der Waals surface area contributed by atoms with Gasteiger partial charge in [-0.1, -0.05) is 18.2 Å². The lowest BCUT2D eigenvalue weighted by molar-refractivity contribution is 0.0458. The molecule has 0 N–H and O–H groups in total. The van der Waals surface area contributed by atoms with Crippen molar-refractivity contribution in [3.8, 4) is 0 Å². The molecule has 0 saturated heterocycles. The minimum absolute atomic E-state index is 0.862. The van der Waals surface area contributed by atoms with E-state index in [1.807, 2.05) is 18.5 Å². The Kier molecular flexibility index (Phi) is 2.29. The Bertz CT molecular complexity index is 550. The highest BCUT2D eigenvalue weighted by Gasteiger charge is 2.75. The molecule has 104 valence electrons. The summed E-state index contributed by atoms with van der Waals surface area (Å²) in [4.78, 5) is 4.29. The van der Waals surface area contributed by atoms with Gasteiger partial charge in [0.05, 0.1) is 0 Å². The zero-order chi connectivity index (χ0) is 13.2. The van der Waals surface area contributed by atoms with Gasteiger partial charge in [0, 0.05) is 12.4 Å². The van der Waals surface area contributed by atoms with E-state index < -0.39 is 0 Å². The van der Waals surface area contributed by atoms with Gasteiger partial charge < -0.3 is 0 Å². The van der Waals surface area contributed by atoms with Gasteiger partial charge in [-0.25, -0.2) is 0 Å². The first-order valence-electron chi connectivity index (χ1n) is 8.40. The summed E-state index contributed by atoms with van der Waals surface area (Å²) in [6.45, 7) is 0. The van der Waals surface area contributed by atoms with Crippen LogP contribution in [0.4, 0.5) is 0 Å². The Hall–Kier alpha value is -1.11. The van der Waals surface area contributed by atoms with Crippen molar-refractivity contribution < 1.29 is 0 Å². The first-order valence-corrected chi connectivity index (χ1v) is 8.40. The quantitative estimate of drug-likeness (QED) is 0.665. The second-order valence-electron chi connectivity index (χ2n) is 7.77. The molecule has 0 aromatic rings. The van der Waals surface area contributed by atoms with Crippen LogP contribution in [-0.2, 0) is 0 Å². The second kappa shape index (κ2) is 3.96. The molecule has 2 bridgehead atoms. The van der Waals surface area contributed by atoms with Crippen LogP contribution in [0.15, 0.2) is 41.1 Å². The molecule has 20 heavy (non-hydrogen) atoms. The molecule has 4 saturated carbocycles. The first kappa shape index (κ1) is 11.5. The molecule has 1 spiro atoms. The number of rotatable bonds is 3. The standard InChI is InChI=1S/C19H23N/c1-2-7-20-12-13(4-1)5-3-6-16-14-8-15-10-19(11-18(16)19)17(15)9-14/h1-3,6-7,12,14-18H,4-5,8-11H2/b6-3+. The van der Waals surface area contributed by atoms with Gasteiger partial charge in [0.25, 0.3) is 0 Å². The maximum Gasteiger partial charge on any atom is 0.0266 e. The van der Waals surface area contributed by atoms with E-state index in [1.165, 1.54) is 5.57 Å². The largest absolute Gasteiger partial charge is 0.265 e. The van der Waals surface area contributed by atoms with Crippen molar-refractivity contribution >= 4 is 6.21 Å². The molecular formula is C19H23N. The fraction of sp³-hybridized carbons (Fsp3) is 0.632. The highest BCUT2D eigenvalue weighted by molar-refractivity contribution is 5.72. The summed E-state index contributed by atoms with van der Waals surface area (Å²) in [6.07, 6.45) is 21.7. The van der Waals surface area contributed by atoms with Crippen molar-refractivity contribution in [1.29, 1.82) is 0 Å². The fourth-order valence-corrected chi connectivity index (χ4v) is 6.09. The van der Waals surface area contributed by atoms with E-state index in [2.05, 4.69) is 23.2 Å². The van der Waals surface area contributed by atoms with Gasteiger partial charge in [-0.2, -0.15) is 0 Å². The van der Waals surface area contributed by atoms with Gasteiger partial charge >= 0.3 is 0 Å². The molecule has 1 nitrogen and oxygen atoms in total. The molecule has 0 amide bonds. The molecule has 6 atom stereocenters. The van der Waals surface area contributed by atoms with Gasteiger partial charge in [0.2, 0.25) is 0 Å². The molecule has 0 aromatic carbocycles. The number of aliphatic imine (C=N–C) groups is 1. The predicted molar refractivity (Wildman–Crippen MR) is 82.4 cm³/mol. The number of allylic oxidation sites excluding steroid dienone is 5. The summed E-state index contributed by atoms with van der Waals surface area (Å²) in [5, 5.41) is 0. The molecule has 1 heterocycles. The predicted octanol–water partition coefficient (Wildman–Crippen LogP) is 4.53. The monoisotopic (exact) mass is 265 g/mol. The van der Waals surface area contributed by atoms with Gasteiger partial charge in [-0.15, -0.1) is 0 Å². The van der Waals surface area contributed by atoms with Gasteiger partial charge in [-0.3, -0.25) is 4.99 Å². The minimum atomic E-state index is 0.862. The zero-order valence-electron chi connectivity index (χ0n) is 12.0. The van der Waals surface area contributed by atoms with Crippen molar-refractivity contribution in [3.63, 3.8) is 0 Å². The lowest BCUT2D eigenvalue weighted by Crippen LogP contribution is -2.38. The highest BCUT2D eigenvalue weighted by Crippen LogP contribution is 2.82. The van der Waals surface area contributed by atoms with E-state index in [4.69, 9.17) is 0 Å². The van der Waals surface area contributed by atoms with Crippen molar-refractivity contribution in [3.05, 3.63) is 36.1 Å². The van der Waals surface area contributed by atoms with Crippen molar-refractivity contribution in [1.82, 2.24) is 0 Å². The van der Waals surface area contributed by atoms with Crippen LogP contribution < -0.4 is 0 Å². The van der Waals surface area contributed by atoms with Crippen LogP contribution in [0.5, 0.6) is 0 Å². The molecule has 0 radical (unpaired) electrons. The first-order chi connectivity index (χ1) is 9.87. The van der Waals surface area contributed by atoms with Gasteiger partial charge in [0.1, 0.15) is 0 Å². The molecule has 5 aliphatic rings. The molecule has 5 rings (SSSR count). The van der Waals surface area contributed by atoms with E-state index >= 15 is 0 Å². The van der Waals surface area contributed by atoms with E-state index in [1.54, 1.807) is 25.7 Å². The fourth-order valence-electron chi connectivity index (χ4n) is 6.09. The van der Waals surface area contributed by atoms with Crippen molar-refractivity contribution in [2.45, 2.75) is 38.5 Å². The average molecular weight is 265 g/mol. The average Bonchev–Trinajstić information content (AvgIpc) is 3.16. The van der Waals surface area contributed by atoms with E-state index in [-0.39, 0.29) is 0 Å². The molecule has 0 aromatic heterocycles. The second-order valence-corrected chi connectivity index (χ2v) is 7.77. The smallest absolute Gasteiger partial charge is 0.0266 e. The Labute approximate surface area is 121 Å². The van der Waals surface area contributed by atoms with Crippen LogP contribution in [0.2, 0.25) is 0 Å². The molecule has 4 fully saturated rings. The minimum Gasteiger partial charge on any atom is -0.265 e. The van der Waals surface area contributed by atoms with E-state index in [0.717, 1.165) is 47.8 Å².